The molecule has 1 aliphatic heterocycles. The summed E-state index contributed by atoms with van der Waals surface area (Å²) in [6.45, 7) is 0.810. The summed E-state index contributed by atoms with van der Waals surface area (Å²) in [5.41, 5.74) is -0.146. The second-order valence-corrected chi connectivity index (χ2v) is 7.53. The predicted octanol–water partition coefficient (Wildman–Crippen LogP) is 2.48. The number of carbonyl (C=O) groups excluding carboxylic acids is 2. The first-order valence-corrected chi connectivity index (χ1v) is 9.65. The number of aliphatic hydroxyl groups is 1. The lowest BCUT2D eigenvalue weighted by molar-refractivity contribution is -0.127. The molecule has 0 radical (unpaired) electrons. The molecule has 0 spiro atoms. The van der Waals surface area contributed by atoms with Gasteiger partial charge in [-0.25, -0.2) is 8.78 Å². The van der Waals surface area contributed by atoms with E-state index in [1.54, 1.807) is 0 Å². The maximum absolute atomic E-state index is 13.8. The molecule has 7 heteroatoms. The number of carbonyl (C=O) groups is 2. The Morgan fingerprint density at radius 1 is 1.11 bits per heavy atom. The number of nitrogens with zero attached hydrogens (tertiary/aromatic N) is 1. The number of rotatable bonds is 4. The molecule has 2 aliphatic rings. The van der Waals surface area contributed by atoms with Gasteiger partial charge in [0.05, 0.1) is 5.56 Å². The predicted molar refractivity (Wildman–Crippen MR) is 96.0 cm³/mol. The fraction of sp³-hybridized carbons (Fsp3) is 0.600. The van der Waals surface area contributed by atoms with Crippen molar-refractivity contribution in [2.24, 2.45) is 11.8 Å². The molecular formula is C20H26F2N2O3. The van der Waals surface area contributed by atoms with E-state index in [2.05, 4.69) is 5.32 Å². The normalized spacial score (nSPS) is 23.9. The molecule has 1 heterocycles. The molecular weight excluding hydrogens is 354 g/mol. The maximum Gasteiger partial charge on any atom is 0.256 e. The van der Waals surface area contributed by atoms with Crippen molar-refractivity contribution in [1.82, 2.24) is 10.2 Å². The minimum absolute atomic E-state index is 0.0178. The quantitative estimate of drug-likeness (QED) is 0.843. The number of nitrogens with one attached hydrogen (secondary N) is 1. The molecule has 2 atom stereocenters. The van der Waals surface area contributed by atoms with Gasteiger partial charge in [0, 0.05) is 43.6 Å². The molecule has 27 heavy (non-hydrogen) atoms. The Kier molecular flexibility index (Phi) is 6.42. The van der Waals surface area contributed by atoms with Crippen molar-refractivity contribution >= 4 is 11.8 Å². The highest BCUT2D eigenvalue weighted by Crippen LogP contribution is 2.26. The van der Waals surface area contributed by atoms with Crippen molar-refractivity contribution in [2.45, 2.75) is 44.6 Å². The SMILES string of the molecule is O=C(NC1CCCCC1CO)C1CCN(C(=O)c2ccc(F)cc2F)CC1. The van der Waals surface area contributed by atoms with E-state index in [9.17, 15) is 23.5 Å². The summed E-state index contributed by atoms with van der Waals surface area (Å²) in [5.74, 6) is -2.16. The molecule has 2 unspecified atom stereocenters. The van der Waals surface area contributed by atoms with Gasteiger partial charge in [-0.15, -0.1) is 0 Å². The fourth-order valence-electron chi connectivity index (χ4n) is 4.09. The number of likely N-dealkylation sites (tertiary alicyclic amines) is 1. The van der Waals surface area contributed by atoms with E-state index in [0.29, 0.717) is 32.0 Å². The molecule has 0 bridgehead atoms. The van der Waals surface area contributed by atoms with Gasteiger partial charge in [0.1, 0.15) is 11.6 Å². The number of amides is 2. The lowest BCUT2D eigenvalue weighted by atomic mass is 9.84. The first kappa shape index (κ1) is 19.7. The van der Waals surface area contributed by atoms with Crippen molar-refractivity contribution in [3.05, 3.63) is 35.4 Å². The van der Waals surface area contributed by atoms with Crippen LogP contribution in [-0.4, -0.2) is 47.6 Å². The molecule has 2 fully saturated rings. The second-order valence-electron chi connectivity index (χ2n) is 7.53. The van der Waals surface area contributed by atoms with Gasteiger partial charge < -0.3 is 15.3 Å². The molecule has 1 aliphatic carbocycles. The van der Waals surface area contributed by atoms with Crippen LogP contribution >= 0.6 is 0 Å². The zero-order valence-corrected chi connectivity index (χ0v) is 15.3. The zero-order valence-electron chi connectivity index (χ0n) is 15.3. The molecule has 3 rings (SSSR count). The van der Waals surface area contributed by atoms with Crippen LogP contribution in [0.25, 0.3) is 0 Å². The van der Waals surface area contributed by atoms with E-state index in [1.807, 2.05) is 0 Å². The smallest absolute Gasteiger partial charge is 0.256 e. The van der Waals surface area contributed by atoms with Gasteiger partial charge >= 0.3 is 0 Å². The summed E-state index contributed by atoms with van der Waals surface area (Å²) >= 11 is 0. The summed E-state index contributed by atoms with van der Waals surface area (Å²) < 4.78 is 26.8. The van der Waals surface area contributed by atoms with E-state index in [0.717, 1.165) is 37.8 Å². The lowest BCUT2D eigenvalue weighted by Gasteiger charge is -2.35. The van der Waals surface area contributed by atoms with E-state index >= 15 is 0 Å². The number of aliphatic hydroxyl groups excluding tert-OH is 1. The highest BCUT2D eigenvalue weighted by Gasteiger charge is 2.32. The van der Waals surface area contributed by atoms with E-state index in [-0.39, 0.29) is 36.0 Å². The number of hydrogen-bond donors (Lipinski definition) is 2. The second kappa shape index (κ2) is 8.78. The summed E-state index contributed by atoms with van der Waals surface area (Å²) in [7, 11) is 0. The Morgan fingerprint density at radius 2 is 1.81 bits per heavy atom. The number of halogens is 2. The number of hydrogen-bond acceptors (Lipinski definition) is 3. The van der Waals surface area contributed by atoms with Gasteiger partial charge in [-0.05, 0) is 37.8 Å². The van der Waals surface area contributed by atoms with Gasteiger partial charge in [-0.1, -0.05) is 12.8 Å². The minimum Gasteiger partial charge on any atom is -0.396 e. The molecule has 1 saturated heterocycles. The lowest BCUT2D eigenvalue weighted by Crippen LogP contribution is -2.48. The molecule has 0 aromatic heterocycles. The van der Waals surface area contributed by atoms with Gasteiger partial charge in [0.25, 0.3) is 5.91 Å². The van der Waals surface area contributed by atoms with Gasteiger partial charge in [-0.3, -0.25) is 9.59 Å². The molecule has 2 amide bonds. The first-order valence-electron chi connectivity index (χ1n) is 9.65. The van der Waals surface area contributed by atoms with Crippen molar-refractivity contribution in [1.29, 1.82) is 0 Å². The Labute approximate surface area is 157 Å². The third-order valence-electron chi connectivity index (χ3n) is 5.79. The summed E-state index contributed by atoms with van der Waals surface area (Å²) in [6.07, 6.45) is 4.97. The fourth-order valence-corrected chi connectivity index (χ4v) is 4.09. The zero-order chi connectivity index (χ0) is 19.4. The van der Waals surface area contributed by atoms with Crippen LogP contribution in [0.3, 0.4) is 0 Å². The van der Waals surface area contributed by atoms with Crippen LogP contribution < -0.4 is 5.32 Å². The van der Waals surface area contributed by atoms with Crippen LogP contribution in [0.15, 0.2) is 18.2 Å². The topological polar surface area (TPSA) is 69.6 Å². The Hall–Kier alpha value is -2.02. The molecule has 1 aromatic rings. The van der Waals surface area contributed by atoms with Gasteiger partial charge in [-0.2, -0.15) is 0 Å². The van der Waals surface area contributed by atoms with Crippen LogP contribution in [-0.2, 0) is 4.79 Å². The summed E-state index contributed by atoms with van der Waals surface area (Å²) in [4.78, 5) is 26.5. The van der Waals surface area contributed by atoms with Crippen molar-refractivity contribution in [2.75, 3.05) is 19.7 Å². The van der Waals surface area contributed by atoms with E-state index in [4.69, 9.17) is 0 Å². The monoisotopic (exact) mass is 380 g/mol. The first-order chi connectivity index (χ1) is 13.0. The Bertz CT molecular complexity index is 690. The molecule has 148 valence electrons. The minimum atomic E-state index is -0.868. The standard InChI is InChI=1S/C20H26F2N2O3/c21-15-5-6-16(17(22)11-15)20(27)24-9-7-13(8-10-24)19(26)23-18-4-2-1-3-14(18)12-25/h5-6,11,13-14,18,25H,1-4,7-10,12H2,(H,23,26). The van der Waals surface area contributed by atoms with Crippen LogP contribution in [0.1, 0.15) is 48.9 Å². The summed E-state index contributed by atoms with van der Waals surface area (Å²) in [5, 5.41) is 12.6. The molecule has 1 saturated carbocycles. The van der Waals surface area contributed by atoms with Crippen molar-refractivity contribution in [3.63, 3.8) is 0 Å². The van der Waals surface area contributed by atoms with E-state index < -0.39 is 17.5 Å². The van der Waals surface area contributed by atoms with Crippen LogP contribution in [0.2, 0.25) is 0 Å². The number of benzene rings is 1. The highest BCUT2D eigenvalue weighted by atomic mass is 19.1. The van der Waals surface area contributed by atoms with Crippen LogP contribution in [0.5, 0.6) is 0 Å². The highest BCUT2D eigenvalue weighted by molar-refractivity contribution is 5.94. The van der Waals surface area contributed by atoms with Crippen LogP contribution in [0.4, 0.5) is 8.78 Å². The van der Waals surface area contributed by atoms with Gasteiger partial charge in [0.15, 0.2) is 0 Å². The average Bonchev–Trinajstić information content (AvgIpc) is 2.68. The third kappa shape index (κ3) is 4.64. The summed E-state index contributed by atoms with van der Waals surface area (Å²) in [6, 6.07) is 2.95. The molecule has 5 nitrogen and oxygen atoms in total. The Balaban J connectivity index is 1.53. The molecule has 1 aromatic carbocycles. The largest absolute Gasteiger partial charge is 0.396 e. The third-order valence-corrected chi connectivity index (χ3v) is 5.79. The van der Waals surface area contributed by atoms with Gasteiger partial charge in [0.2, 0.25) is 5.91 Å². The average molecular weight is 380 g/mol. The number of piperidine rings is 1. The van der Waals surface area contributed by atoms with Crippen molar-refractivity contribution in [3.8, 4) is 0 Å². The Morgan fingerprint density at radius 3 is 2.48 bits per heavy atom. The van der Waals surface area contributed by atoms with Crippen LogP contribution in [0, 0.1) is 23.5 Å². The van der Waals surface area contributed by atoms with E-state index in [1.165, 1.54) is 4.90 Å². The van der Waals surface area contributed by atoms with Crippen molar-refractivity contribution < 1.29 is 23.5 Å². The molecule has 2 N–H and O–H groups in total. The maximum atomic E-state index is 13.8.